The lowest BCUT2D eigenvalue weighted by atomic mass is 10.1. The molecule has 0 saturated carbocycles. The second-order valence-corrected chi connectivity index (χ2v) is 7.72. The van der Waals surface area contributed by atoms with Gasteiger partial charge in [-0.2, -0.15) is 0 Å². The molecule has 0 aliphatic heterocycles. The molecule has 0 fully saturated rings. The van der Waals surface area contributed by atoms with Gasteiger partial charge in [0.15, 0.2) is 5.82 Å². The summed E-state index contributed by atoms with van der Waals surface area (Å²) in [6.45, 7) is 1.66. The molecule has 3 heterocycles. The largest absolute Gasteiger partial charge is 0.465 e. The van der Waals surface area contributed by atoms with Gasteiger partial charge in [-0.25, -0.2) is 14.2 Å². The molecule has 1 aromatic carbocycles. The number of esters is 1. The zero-order valence-corrected chi connectivity index (χ0v) is 17.4. The second-order valence-electron chi connectivity index (χ2n) is 6.32. The first-order valence-electron chi connectivity index (χ1n) is 8.73. The zero-order chi connectivity index (χ0) is 21.4. The molecule has 0 aliphatic rings. The van der Waals surface area contributed by atoms with Crippen LogP contribution in [0.15, 0.2) is 45.6 Å². The first kappa shape index (κ1) is 20.1. The van der Waals surface area contributed by atoms with E-state index < -0.39 is 17.3 Å². The van der Waals surface area contributed by atoms with Crippen LogP contribution in [0, 0.1) is 12.7 Å². The summed E-state index contributed by atoms with van der Waals surface area (Å²) in [6, 6.07) is 9.50. The summed E-state index contributed by atoms with van der Waals surface area (Å²) < 4.78 is 24.3. The highest BCUT2D eigenvalue weighted by molar-refractivity contribution is 7.20. The average molecular weight is 445 g/mol. The lowest BCUT2D eigenvalue weighted by molar-refractivity contribution is 0.0605. The summed E-state index contributed by atoms with van der Waals surface area (Å²) in [5.74, 6) is -0.111. The van der Waals surface area contributed by atoms with Crippen LogP contribution >= 0.6 is 22.9 Å². The number of carbonyl (C=O) groups excluding carboxylic acids is 1. The summed E-state index contributed by atoms with van der Waals surface area (Å²) in [5, 5.41) is 0.433. The highest BCUT2D eigenvalue weighted by Crippen LogP contribution is 2.30. The van der Waals surface area contributed by atoms with Crippen LogP contribution < -0.4 is 5.56 Å². The number of benzene rings is 1. The number of aryl methyl sites for hydroxylation is 1. The second kappa shape index (κ2) is 7.89. The van der Waals surface area contributed by atoms with Gasteiger partial charge < -0.3 is 14.1 Å². The van der Waals surface area contributed by atoms with E-state index in [2.05, 4.69) is 9.97 Å². The number of thiophene rings is 1. The van der Waals surface area contributed by atoms with Gasteiger partial charge in [0.1, 0.15) is 27.0 Å². The van der Waals surface area contributed by atoms with Crippen molar-refractivity contribution in [1.29, 1.82) is 0 Å². The Morgan fingerprint density at radius 2 is 2.07 bits per heavy atom. The van der Waals surface area contributed by atoms with Gasteiger partial charge in [-0.1, -0.05) is 23.7 Å². The van der Waals surface area contributed by atoms with Crippen molar-refractivity contribution in [3.8, 4) is 11.3 Å². The Balaban J connectivity index is 1.72. The lowest BCUT2D eigenvalue weighted by Crippen LogP contribution is -2.10. The van der Waals surface area contributed by atoms with Gasteiger partial charge in [-0.15, -0.1) is 11.3 Å². The van der Waals surface area contributed by atoms with Crippen molar-refractivity contribution >= 4 is 50.2 Å². The third-order valence-corrected chi connectivity index (χ3v) is 5.89. The number of aromatic amines is 1. The van der Waals surface area contributed by atoms with E-state index in [0.717, 1.165) is 11.3 Å². The number of hydrogen-bond donors (Lipinski definition) is 1. The number of nitrogens with zero attached hydrogens (tertiary/aromatic N) is 1. The number of H-pyrrole nitrogens is 1. The number of furan rings is 1. The smallest absolute Gasteiger partial charge is 0.348 e. The summed E-state index contributed by atoms with van der Waals surface area (Å²) in [6.07, 6.45) is 1.47. The highest BCUT2D eigenvalue weighted by Gasteiger charge is 2.20. The van der Waals surface area contributed by atoms with Crippen LogP contribution in [0.1, 0.15) is 26.8 Å². The van der Waals surface area contributed by atoms with Gasteiger partial charge in [0.2, 0.25) is 0 Å². The van der Waals surface area contributed by atoms with E-state index in [0.29, 0.717) is 37.7 Å². The fraction of sp³-hybridized carbons (Fsp3) is 0.0952. The van der Waals surface area contributed by atoms with Crippen molar-refractivity contribution in [2.45, 2.75) is 6.92 Å². The van der Waals surface area contributed by atoms with Crippen molar-refractivity contribution in [2.75, 3.05) is 7.11 Å². The fourth-order valence-corrected chi connectivity index (χ4v) is 4.27. The third-order valence-electron chi connectivity index (χ3n) is 4.43. The Hall–Kier alpha value is -3.23. The molecule has 1 N–H and O–H groups in total. The molecule has 0 amide bonds. The molecule has 0 atom stereocenters. The molecule has 0 saturated heterocycles. The summed E-state index contributed by atoms with van der Waals surface area (Å²) in [4.78, 5) is 32.1. The minimum Gasteiger partial charge on any atom is -0.465 e. The Morgan fingerprint density at radius 3 is 2.80 bits per heavy atom. The van der Waals surface area contributed by atoms with Gasteiger partial charge in [0.25, 0.3) is 5.56 Å². The number of aromatic nitrogens is 2. The number of ether oxygens (including phenoxy) is 1. The Kier molecular flexibility index (Phi) is 5.27. The maximum absolute atomic E-state index is 13.9. The molecule has 0 unspecified atom stereocenters. The van der Waals surface area contributed by atoms with E-state index in [1.807, 2.05) is 0 Å². The molecule has 0 aliphatic carbocycles. The Labute approximate surface area is 178 Å². The minimum absolute atomic E-state index is 0.120. The molecule has 30 heavy (non-hydrogen) atoms. The maximum Gasteiger partial charge on any atom is 0.348 e. The molecule has 4 rings (SSSR count). The molecule has 0 spiro atoms. The molecule has 9 heteroatoms. The number of rotatable bonds is 4. The van der Waals surface area contributed by atoms with Crippen LogP contribution in [0.5, 0.6) is 0 Å². The van der Waals surface area contributed by atoms with Crippen molar-refractivity contribution in [1.82, 2.24) is 9.97 Å². The van der Waals surface area contributed by atoms with E-state index in [-0.39, 0.29) is 10.9 Å². The molecular formula is C21H14ClFN2O4S. The molecule has 0 radical (unpaired) electrons. The van der Waals surface area contributed by atoms with E-state index in [1.165, 1.54) is 19.3 Å². The van der Waals surface area contributed by atoms with E-state index >= 15 is 0 Å². The predicted molar refractivity (Wildman–Crippen MR) is 114 cm³/mol. The quantitative estimate of drug-likeness (QED) is 0.436. The summed E-state index contributed by atoms with van der Waals surface area (Å²) in [5.41, 5.74) is 0.408. The molecule has 3 aromatic heterocycles. The minimum atomic E-state index is -0.533. The number of nitrogens with one attached hydrogen (secondary N) is 1. The lowest BCUT2D eigenvalue weighted by Gasteiger charge is -2.00. The molecule has 4 aromatic rings. The van der Waals surface area contributed by atoms with Crippen LogP contribution in [0.4, 0.5) is 4.39 Å². The van der Waals surface area contributed by atoms with Crippen molar-refractivity contribution in [3.63, 3.8) is 0 Å². The molecule has 152 valence electrons. The van der Waals surface area contributed by atoms with Gasteiger partial charge in [0.05, 0.1) is 23.1 Å². The van der Waals surface area contributed by atoms with Gasteiger partial charge >= 0.3 is 5.97 Å². The number of hydrogen-bond acceptors (Lipinski definition) is 6. The fourth-order valence-electron chi connectivity index (χ4n) is 2.97. The average Bonchev–Trinajstić information content (AvgIpc) is 3.32. The van der Waals surface area contributed by atoms with Gasteiger partial charge in [-0.3, -0.25) is 4.79 Å². The highest BCUT2D eigenvalue weighted by atomic mass is 35.5. The maximum atomic E-state index is 13.9. The van der Waals surface area contributed by atoms with Crippen LogP contribution in [-0.2, 0) is 4.74 Å². The third kappa shape index (κ3) is 3.55. The van der Waals surface area contributed by atoms with Crippen LogP contribution in [0.25, 0.3) is 32.6 Å². The standard InChI is InChI=1S/C21H14ClFN2O4S/c1-10-16-19(26)24-18(25-20(16)30-17(10)21(27)28-2)13(22)9-11-7-8-15(29-11)12-5-3-4-6-14(12)23/h3-9H,1-2H3,(H,24,25,26)/b13-9-. The normalized spacial score (nSPS) is 11.8. The first-order valence-corrected chi connectivity index (χ1v) is 9.92. The Morgan fingerprint density at radius 1 is 1.30 bits per heavy atom. The molecular weight excluding hydrogens is 431 g/mol. The van der Waals surface area contributed by atoms with Gasteiger partial charge in [-0.05, 0) is 36.8 Å². The van der Waals surface area contributed by atoms with Crippen LogP contribution in [-0.4, -0.2) is 23.0 Å². The number of halogens is 2. The zero-order valence-electron chi connectivity index (χ0n) is 15.8. The van der Waals surface area contributed by atoms with E-state index in [4.69, 9.17) is 20.8 Å². The topological polar surface area (TPSA) is 85.2 Å². The van der Waals surface area contributed by atoms with Crippen molar-refractivity contribution in [2.24, 2.45) is 0 Å². The first-order chi connectivity index (χ1) is 14.4. The molecule has 0 bridgehead atoms. The van der Waals surface area contributed by atoms with E-state index in [1.54, 1.807) is 37.3 Å². The van der Waals surface area contributed by atoms with Crippen molar-refractivity contribution in [3.05, 3.63) is 74.6 Å². The number of fused-ring (bicyclic) bond motifs is 1. The van der Waals surface area contributed by atoms with Crippen molar-refractivity contribution < 1.29 is 18.3 Å². The monoisotopic (exact) mass is 444 g/mol. The Bertz CT molecular complexity index is 1370. The van der Waals surface area contributed by atoms with Crippen LogP contribution in [0.2, 0.25) is 0 Å². The van der Waals surface area contributed by atoms with Gasteiger partial charge in [0, 0.05) is 6.08 Å². The predicted octanol–water partition coefficient (Wildman–Crippen LogP) is 5.22. The number of methoxy groups -OCH3 is 1. The SMILES string of the molecule is COC(=O)c1sc2nc(/C(Cl)=C/c3ccc(-c4ccccc4F)o3)[nH]c(=O)c2c1C. The number of carbonyl (C=O) groups is 1. The van der Waals surface area contributed by atoms with E-state index in [9.17, 15) is 14.0 Å². The summed E-state index contributed by atoms with van der Waals surface area (Å²) >= 11 is 7.40. The van der Waals surface area contributed by atoms with Crippen LogP contribution in [0.3, 0.4) is 0 Å². The summed E-state index contributed by atoms with van der Waals surface area (Å²) in [7, 11) is 1.27. The molecule has 6 nitrogen and oxygen atoms in total.